The van der Waals surface area contributed by atoms with Crippen molar-refractivity contribution in [3.63, 3.8) is 0 Å². The maximum absolute atomic E-state index is 12.4. The van der Waals surface area contributed by atoms with Crippen molar-refractivity contribution in [3.8, 4) is 0 Å². The van der Waals surface area contributed by atoms with Crippen molar-refractivity contribution in [2.45, 2.75) is 5.75 Å². The Morgan fingerprint density at radius 1 is 0.906 bits per heavy atom. The fourth-order valence-corrected chi connectivity index (χ4v) is 4.35. The zero-order valence-corrected chi connectivity index (χ0v) is 17.3. The van der Waals surface area contributed by atoms with Crippen LogP contribution in [0.25, 0.3) is 11.0 Å². The first-order valence-electron chi connectivity index (χ1n) is 9.43. The molecule has 1 aromatic heterocycles. The summed E-state index contributed by atoms with van der Waals surface area (Å²) in [7, 11) is -3.59. The summed E-state index contributed by atoms with van der Waals surface area (Å²) in [6, 6.07) is 20.3. The number of hydrogen-bond donors (Lipinski definition) is 2. The second-order valence-electron chi connectivity index (χ2n) is 6.97. The number of anilines is 3. The highest BCUT2D eigenvalue weighted by molar-refractivity contribution is 7.91. The third-order valence-electron chi connectivity index (χ3n) is 4.57. The van der Waals surface area contributed by atoms with E-state index in [0.717, 1.165) is 0 Å². The summed E-state index contributed by atoms with van der Waals surface area (Å²) in [5.74, 6) is -0.154. The first-order chi connectivity index (χ1) is 15.3. The van der Waals surface area contributed by atoms with E-state index in [1.165, 1.54) is 24.3 Å². The Bertz CT molecular complexity index is 1450. The van der Waals surface area contributed by atoms with Gasteiger partial charge in [-0.25, -0.2) is 13.2 Å². The Labute approximate surface area is 182 Å². The molecule has 0 saturated carbocycles. The minimum absolute atomic E-state index is 0.141. The molecular weight excluding hydrogens is 434 g/mol. The third-order valence-corrected chi connectivity index (χ3v) is 5.83. The van der Waals surface area contributed by atoms with Gasteiger partial charge in [0.05, 0.1) is 16.4 Å². The molecule has 0 bridgehead atoms. The van der Waals surface area contributed by atoms with E-state index in [1.807, 2.05) is 6.07 Å². The van der Waals surface area contributed by atoms with Crippen molar-refractivity contribution in [2.24, 2.45) is 0 Å². The molecule has 0 unspecified atom stereocenters. The Hall–Kier alpha value is -4.18. The quantitative estimate of drug-likeness (QED) is 0.242. The van der Waals surface area contributed by atoms with Crippen LogP contribution in [0.2, 0.25) is 0 Å². The van der Waals surface area contributed by atoms with E-state index in [1.54, 1.807) is 48.5 Å². The predicted octanol–water partition coefficient (Wildman–Crippen LogP) is 4.39. The number of hydrogen-bond acceptors (Lipinski definition) is 7. The fraction of sp³-hybridized carbons (Fsp3) is 0.0455. The molecule has 0 aliphatic heterocycles. The molecule has 32 heavy (non-hydrogen) atoms. The molecular formula is C22H17N3O6S. The van der Waals surface area contributed by atoms with Crippen LogP contribution in [0.1, 0.15) is 5.56 Å². The smallest absolute Gasteiger partial charge is 0.338 e. The van der Waals surface area contributed by atoms with Crippen LogP contribution >= 0.6 is 0 Å². The second kappa shape index (κ2) is 8.52. The average molecular weight is 451 g/mol. The molecule has 0 atom stereocenters. The van der Waals surface area contributed by atoms with Gasteiger partial charge in [-0.1, -0.05) is 30.3 Å². The van der Waals surface area contributed by atoms with E-state index in [2.05, 4.69) is 10.0 Å². The van der Waals surface area contributed by atoms with Gasteiger partial charge < -0.3 is 9.73 Å². The molecule has 4 rings (SSSR count). The van der Waals surface area contributed by atoms with Crippen LogP contribution < -0.4 is 15.7 Å². The average Bonchev–Trinajstić information content (AvgIpc) is 2.75. The van der Waals surface area contributed by atoms with E-state index in [4.69, 9.17) is 4.42 Å². The molecule has 0 saturated heterocycles. The summed E-state index contributed by atoms with van der Waals surface area (Å²) in [6.45, 7) is 0. The van der Waals surface area contributed by atoms with Gasteiger partial charge in [0, 0.05) is 35.0 Å². The van der Waals surface area contributed by atoms with Gasteiger partial charge in [0.15, 0.2) is 0 Å². The van der Waals surface area contributed by atoms with Gasteiger partial charge in [-0.15, -0.1) is 0 Å². The van der Waals surface area contributed by atoms with Crippen LogP contribution in [0.4, 0.5) is 22.7 Å². The summed E-state index contributed by atoms with van der Waals surface area (Å²) in [6.07, 6.45) is 0. The predicted molar refractivity (Wildman–Crippen MR) is 122 cm³/mol. The molecule has 0 radical (unpaired) electrons. The van der Waals surface area contributed by atoms with Crippen molar-refractivity contribution in [1.82, 2.24) is 0 Å². The van der Waals surface area contributed by atoms with Crippen molar-refractivity contribution < 1.29 is 17.8 Å². The van der Waals surface area contributed by atoms with Gasteiger partial charge in [0.1, 0.15) is 5.58 Å². The number of nitrogens with one attached hydrogen (secondary N) is 2. The summed E-state index contributed by atoms with van der Waals surface area (Å²) < 4.78 is 32.4. The highest BCUT2D eigenvalue weighted by atomic mass is 32.2. The van der Waals surface area contributed by atoms with Gasteiger partial charge in [0.2, 0.25) is 10.0 Å². The van der Waals surface area contributed by atoms with E-state index in [-0.39, 0.29) is 17.0 Å². The van der Waals surface area contributed by atoms with Crippen LogP contribution in [0.15, 0.2) is 88.1 Å². The highest BCUT2D eigenvalue weighted by Gasteiger charge is 2.13. The molecule has 0 aliphatic carbocycles. The van der Waals surface area contributed by atoms with Crippen LogP contribution in [0.3, 0.4) is 0 Å². The van der Waals surface area contributed by atoms with Crippen molar-refractivity contribution in [1.29, 1.82) is 0 Å². The minimum Gasteiger partial charge on any atom is -0.423 e. The lowest BCUT2D eigenvalue weighted by Crippen LogP contribution is -2.15. The first kappa shape index (κ1) is 21.1. The molecule has 0 aliphatic rings. The van der Waals surface area contributed by atoms with Gasteiger partial charge >= 0.3 is 5.63 Å². The zero-order chi connectivity index (χ0) is 22.7. The van der Waals surface area contributed by atoms with Crippen molar-refractivity contribution >= 4 is 43.7 Å². The Balaban J connectivity index is 1.55. The molecule has 0 amide bonds. The number of non-ortho nitro benzene ring substituents is 1. The minimum atomic E-state index is -3.59. The normalized spacial score (nSPS) is 11.2. The van der Waals surface area contributed by atoms with E-state index in [0.29, 0.717) is 28.0 Å². The molecule has 162 valence electrons. The summed E-state index contributed by atoms with van der Waals surface area (Å²) in [5, 5.41) is 14.5. The Kier molecular flexibility index (Phi) is 5.61. The van der Waals surface area contributed by atoms with Gasteiger partial charge in [-0.3, -0.25) is 14.8 Å². The molecule has 10 heteroatoms. The highest BCUT2D eigenvalue weighted by Crippen LogP contribution is 2.29. The summed E-state index contributed by atoms with van der Waals surface area (Å²) >= 11 is 0. The van der Waals surface area contributed by atoms with E-state index >= 15 is 0 Å². The molecule has 9 nitrogen and oxygen atoms in total. The number of nitrogens with zero attached hydrogens (tertiary/aromatic N) is 1. The lowest BCUT2D eigenvalue weighted by atomic mass is 10.1. The number of sulfonamides is 1. The number of fused-ring (bicyclic) bond motifs is 1. The molecule has 2 N–H and O–H groups in total. The Morgan fingerprint density at radius 2 is 1.59 bits per heavy atom. The van der Waals surface area contributed by atoms with Gasteiger partial charge in [0.25, 0.3) is 5.69 Å². The standard InChI is InChI=1S/C22H17N3O6S/c26-22-13-20(19-12-18(25(27)28)10-11-21(19)31-22)23-16-6-8-17(9-7-16)24-32(29,30)14-15-4-2-1-3-5-15/h1-13,23-24H,14H2. The molecule has 4 aromatic rings. The summed E-state index contributed by atoms with van der Waals surface area (Å²) in [4.78, 5) is 22.4. The number of nitro benzene ring substituents is 1. The van der Waals surface area contributed by atoms with Crippen molar-refractivity contribution in [2.75, 3.05) is 10.0 Å². The fourth-order valence-electron chi connectivity index (χ4n) is 3.15. The zero-order valence-electron chi connectivity index (χ0n) is 16.5. The van der Waals surface area contributed by atoms with E-state index < -0.39 is 20.6 Å². The number of rotatable bonds is 7. The monoisotopic (exact) mass is 451 g/mol. The number of nitro groups is 1. The second-order valence-corrected chi connectivity index (χ2v) is 8.69. The lowest BCUT2D eigenvalue weighted by molar-refractivity contribution is -0.384. The third kappa shape index (κ3) is 4.93. The molecule has 0 fully saturated rings. The van der Waals surface area contributed by atoms with Crippen molar-refractivity contribution in [3.05, 3.63) is 105 Å². The first-order valence-corrected chi connectivity index (χ1v) is 11.1. The van der Waals surface area contributed by atoms with Crippen LogP contribution in [-0.2, 0) is 15.8 Å². The maximum Gasteiger partial charge on any atom is 0.338 e. The topological polar surface area (TPSA) is 132 Å². The van der Waals surface area contributed by atoms with Crippen LogP contribution in [-0.4, -0.2) is 13.3 Å². The molecule has 1 heterocycles. The summed E-state index contributed by atoms with van der Waals surface area (Å²) in [5.41, 5.74) is 1.38. The molecule has 0 spiro atoms. The van der Waals surface area contributed by atoms with E-state index in [9.17, 15) is 23.3 Å². The van der Waals surface area contributed by atoms with Gasteiger partial charge in [-0.05, 0) is 35.9 Å². The lowest BCUT2D eigenvalue weighted by Gasteiger charge is -2.11. The SMILES string of the molecule is O=c1cc(Nc2ccc(NS(=O)(=O)Cc3ccccc3)cc2)c2cc([N+](=O)[O-])ccc2o1. The largest absolute Gasteiger partial charge is 0.423 e. The number of benzene rings is 3. The molecule has 3 aromatic carbocycles. The van der Waals surface area contributed by atoms with Gasteiger partial charge in [-0.2, -0.15) is 0 Å². The van der Waals surface area contributed by atoms with Crippen LogP contribution in [0.5, 0.6) is 0 Å². The maximum atomic E-state index is 12.4. The Morgan fingerprint density at radius 3 is 2.28 bits per heavy atom. The van der Waals surface area contributed by atoms with Crippen LogP contribution in [0, 0.1) is 10.1 Å².